The highest BCUT2D eigenvalue weighted by Gasteiger charge is 2.29. The van der Waals surface area contributed by atoms with E-state index in [0.717, 1.165) is 30.4 Å². The first-order valence-corrected chi connectivity index (χ1v) is 15.5. The molecule has 242 valence electrons. The van der Waals surface area contributed by atoms with Gasteiger partial charge in [0.05, 0.1) is 5.69 Å². The second kappa shape index (κ2) is 15.4. The van der Waals surface area contributed by atoms with Gasteiger partial charge in [0, 0.05) is 47.4 Å². The molecule has 14 heteroatoms. The van der Waals surface area contributed by atoms with Crippen molar-refractivity contribution in [3.8, 4) is 16.9 Å². The standard InChI is InChI=1S/C31H39F3N8O2S/c1-19(35)4-2-5-20-14-22(16-25(15-20)45-31(32,33)34)27-17-23-18-42(30(44)41-28(23)40-27)24-8-6-21(7-9-24)26(10-13-43)38-11-3-12-39-29(36)37/h6-9,14-19,26,38,43H,2-5,10-13,35H2,1H3,(H4,36,37,39)(H,40,41,44)/t19-,26-/m0/s1. The first-order chi connectivity index (χ1) is 21.4. The Morgan fingerprint density at radius 2 is 1.89 bits per heavy atom. The summed E-state index contributed by atoms with van der Waals surface area (Å²) in [5.41, 5.74) is 9.98. The molecule has 0 unspecified atom stereocenters. The summed E-state index contributed by atoms with van der Waals surface area (Å²) >= 11 is -0.156. The number of alkyl halides is 3. The molecule has 0 radical (unpaired) electrons. The van der Waals surface area contributed by atoms with Crippen molar-refractivity contribution in [2.45, 2.75) is 61.5 Å². The lowest BCUT2D eigenvalue weighted by Crippen LogP contribution is -2.33. The van der Waals surface area contributed by atoms with Gasteiger partial charge in [-0.25, -0.2) is 4.79 Å². The third-order valence-electron chi connectivity index (χ3n) is 7.20. The van der Waals surface area contributed by atoms with E-state index in [1.807, 2.05) is 25.1 Å². The number of rotatable bonds is 15. The molecule has 0 fully saturated rings. The number of fused-ring (bicyclic) bond motifs is 1. The molecule has 0 aliphatic rings. The smallest absolute Gasteiger partial charge is 0.396 e. The normalized spacial score (nSPS) is 13.2. The van der Waals surface area contributed by atoms with Gasteiger partial charge >= 0.3 is 11.2 Å². The Morgan fingerprint density at radius 1 is 1.13 bits per heavy atom. The summed E-state index contributed by atoms with van der Waals surface area (Å²) in [6, 6.07) is 13.9. The molecular formula is C31H39F3N8O2S. The van der Waals surface area contributed by atoms with Gasteiger partial charge in [-0.1, -0.05) is 12.1 Å². The van der Waals surface area contributed by atoms with E-state index in [2.05, 4.69) is 20.6 Å². The average Bonchev–Trinajstić information content (AvgIpc) is 3.38. The topological polar surface area (TPSA) is 171 Å². The van der Waals surface area contributed by atoms with Crippen LogP contribution in [0.25, 0.3) is 28.0 Å². The van der Waals surface area contributed by atoms with Gasteiger partial charge in [0.1, 0.15) is 5.65 Å². The van der Waals surface area contributed by atoms with Gasteiger partial charge in [-0.05, 0) is 110 Å². The number of hydrogen-bond acceptors (Lipinski definition) is 7. The summed E-state index contributed by atoms with van der Waals surface area (Å²) in [4.78, 5) is 20.4. The van der Waals surface area contributed by atoms with Crippen molar-refractivity contribution in [2.75, 3.05) is 19.7 Å². The van der Waals surface area contributed by atoms with Crippen LogP contribution in [0.5, 0.6) is 0 Å². The zero-order chi connectivity index (χ0) is 32.6. The number of benzene rings is 2. The molecule has 0 saturated carbocycles. The van der Waals surface area contributed by atoms with E-state index in [1.54, 1.807) is 30.5 Å². The third kappa shape index (κ3) is 10.1. The number of nitrogens with zero attached hydrogens (tertiary/aromatic N) is 2. The second-order valence-corrected chi connectivity index (χ2v) is 12.1. The lowest BCUT2D eigenvalue weighted by molar-refractivity contribution is -0.0328. The summed E-state index contributed by atoms with van der Waals surface area (Å²) in [6.45, 7) is 3.09. The summed E-state index contributed by atoms with van der Waals surface area (Å²) in [7, 11) is 0. The summed E-state index contributed by atoms with van der Waals surface area (Å²) in [5.74, 6) is -0.0802. The number of aliphatic hydroxyl groups is 1. The molecule has 0 aliphatic heterocycles. The Morgan fingerprint density at radius 3 is 2.56 bits per heavy atom. The van der Waals surface area contributed by atoms with E-state index >= 15 is 0 Å². The molecule has 9 N–H and O–H groups in total. The molecule has 2 aromatic carbocycles. The van der Waals surface area contributed by atoms with Crippen LogP contribution in [0, 0.1) is 5.41 Å². The van der Waals surface area contributed by atoms with Crippen molar-refractivity contribution in [2.24, 2.45) is 11.5 Å². The summed E-state index contributed by atoms with van der Waals surface area (Å²) in [5, 5.41) is 23.6. The maximum atomic E-state index is 13.3. The van der Waals surface area contributed by atoms with E-state index < -0.39 is 11.2 Å². The molecule has 2 atom stereocenters. The molecular weight excluding hydrogens is 605 g/mol. The molecule has 2 heterocycles. The molecule has 4 aromatic rings. The highest BCUT2D eigenvalue weighted by atomic mass is 32.2. The maximum Gasteiger partial charge on any atom is 0.446 e. The average molecular weight is 645 g/mol. The SMILES string of the molecule is C[C@H](N)CCCc1cc(SC(F)(F)F)cc(-c2cc3cn(-c4ccc([C@H](CCO)NCCCNC(=N)N)cc4)c(=O)nc3[nH]2)c1. The molecule has 0 bridgehead atoms. The number of hydrogen-bond donors (Lipinski definition) is 7. The van der Waals surface area contributed by atoms with Crippen LogP contribution in [0.1, 0.15) is 49.8 Å². The van der Waals surface area contributed by atoms with Crippen LogP contribution in [0.3, 0.4) is 0 Å². The zero-order valence-corrected chi connectivity index (χ0v) is 25.8. The van der Waals surface area contributed by atoms with Crippen LogP contribution >= 0.6 is 11.8 Å². The highest BCUT2D eigenvalue weighted by molar-refractivity contribution is 8.00. The number of aromatic nitrogens is 3. The third-order valence-corrected chi connectivity index (χ3v) is 7.90. The minimum Gasteiger partial charge on any atom is -0.396 e. The van der Waals surface area contributed by atoms with E-state index in [9.17, 15) is 23.1 Å². The quantitative estimate of drug-likeness (QED) is 0.0428. The summed E-state index contributed by atoms with van der Waals surface area (Å²) in [6.07, 6.45) is 4.98. The fourth-order valence-corrected chi connectivity index (χ4v) is 5.75. The minimum atomic E-state index is -4.43. The van der Waals surface area contributed by atoms with Crippen LogP contribution in [0.4, 0.5) is 13.2 Å². The zero-order valence-electron chi connectivity index (χ0n) is 25.0. The molecule has 0 saturated heterocycles. The first kappa shape index (κ1) is 34.0. The van der Waals surface area contributed by atoms with Crippen molar-refractivity contribution < 1.29 is 18.3 Å². The molecule has 45 heavy (non-hydrogen) atoms. The Kier molecular flexibility index (Phi) is 11.7. The van der Waals surface area contributed by atoms with Crippen molar-refractivity contribution in [3.63, 3.8) is 0 Å². The Balaban J connectivity index is 1.57. The van der Waals surface area contributed by atoms with E-state index in [0.29, 0.717) is 53.9 Å². The van der Waals surface area contributed by atoms with Gasteiger partial charge in [-0.15, -0.1) is 0 Å². The Bertz CT molecular complexity index is 1640. The molecule has 4 rings (SSSR count). The first-order valence-electron chi connectivity index (χ1n) is 14.7. The van der Waals surface area contributed by atoms with Crippen LogP contribution in [0.2, 0.25) is 0 Å². The number of aromatic amines is 1. The van der Waals surface area contributed by atoms with E-state index in [-0.39, 0.29) is 41.3 Å². The van der Waals surface area contributed by atoms with Crippen LogP contribution in [-0.4, -0.2) is 56.8 Å². The highest BCUT2D eigenvalue weighted by Crippen LogP contribution is 2.39. The van der Waals surface area contributed by atoms with Crippen molar-refractivity contribution in [3.05, 3.63) is 76.3 Å². The number of thioether (sulfide) groups is 1. The number of nitrogens with one attached hydrogen (secondary N) is 4. The van der Waals surface area contributed by atoms with E-state index in [1.165, 1.54) is 10.6 Å². The predicted molar refractivity (Wildman–Crippen MR) is 173 cm³/mol. The van der Waals surface area contributed by atoms with Gasteiger partial charge in [-0.2, -0.15) is 18.2 Å². The fourth-order valence-electron chi connectivity index (χ4n) is 5.09. The fraction of sp³-hybridized carbons (Fsp3) is 0.387. The van der Waals surface area contributed by atoms with Crippen LogP contribution in [-0.2, 0) is 6.42 Å². The number of nitrogens with two attached hydrogens (primary N) is 2. The lowest BCUT2D eigenvalue weighted by atomic mass is 10.0. The van der Waals surface area contributed by atoms with Gasteiger partial charge in [-0.3, -0.25) is 9.98 Å². The number of aliphatic hydroxyl groups excluding tert-OH is 1. The second-order valence-electron chi connectivity index (χ2n) is 11.0. The van der Waals surface area contributed by atoms with Gasteiger partial charge < -0.3 is 32.2 Å². The maximum absolute atomic E-state index is 13.3. The Hall–Kier alpha value is -3.85. The van der Waals surface area contributed by atoms with Crippen LogP contribution in [0.15, 0.2) is 64.4 Å². The number of guanidine groups is 1. The lowest BCUT2D eigenvalue weighted by Gasteiger charge is -2.19. The van der Waals surface area contributed by atoms with Crippen molar-refractivity contribution in [1.82, 2.24) is 25.2 Å². The van der Waals surface area contributed by atoms with Crippen molar-refractivity contribution >= 4 is 28.8 Å². The number of H-pyrrole nitrogens is 1. The van der Waals surface area contributed by atoms with Crippen LogP contribution < -0.4 is 27.8 Å². The minimum absolute atomic E-state index is 0.00642. The summed E-state index contributed by atoms with van der Waals surface area (Å²) < 4.78 is 41.2. The van der Waals surface area contributed by atoms with Gasteiger partial charge in [0.15, 0.2) is 5.96 Å². The molecule has 0 spiro atoms. The van der Waals surface area contributed by atoms with E-state index in [4.69, 9.17) is 16.9 Å². The molecule has 0 aliphatic carbocycles. The van der Waals surface area contributed by atoms with Gasteiger partial charge in [0.25, 0.3) is 0 Å². The monoisotopic (exact) mass is 644 g/mol. The van der Waals surface area contributed by atoms with Gasteiger partial charge in [0.2, 0.25) is 0 Å². The largest absolute Gasteiger partial charge is 0.446 e. The number of aryl methyl sites for hydroxylation is 1. The molecule has 2 aromatic heterocycles. The Labute approximate surface area is 263 Å². The van der Waals surface area contributed by atoms with Crippen molar-refractivity contribution in [1.29, 1.82) is 5.41 Å². The molecule has 10 nitrogen and oxygen atoms in total. The molecule has 0 amide bonds. The predicted octanol–water partition coefficient (Wildman–Crippen LogP) is 4.55. The number of halogens is 3.